The summed E-state index contributed by atoms with van der Waals surface area (Å²) < 4.78 is 1.02. The lowest BCUT2D eigenvalue weighted by atomic mass is 9.95. The number of fused-ring (bicyclic) bond motifs is 2. The van der Waals surface area contributed by atoms with Crippen LogP contribution in [-0.2, 0) is 0 Å². The Labute approximate surface area is 149 Å². The van der Waals surface area contributed by atoms with Crippen molar-refractivity contribution in [2.24, 2.45) is 0 Å². The van der Waals surface area contributed by atoms with Gasteiger partial charge in [-0.3, -0.25) is 4.79 Å². The molecule has 2 fully saturated rings. The predicted octanol–water partition coefficient (Wildman–Crippen LogP) is 3.39. The van der Waals surface area contributed by atoms with E-state index >= 15 is 0 Å². The summed E-state index contributed by atoms with van der Waals surface area (Å²) in [5, 5.41) is 15.9. The SMILES string of the molecule is N#Cc1ccccc1Sc1ccc(C(=O)NC2CC3CCC2N3)s1. The monoisotopic (exact) mass is 355 g/mol. The molecule has 2 aliphatic heterocycles. The minimum atomic E-state index is 0.0137. The lowest BCUT2D eigenvalue weighted by Gasteiger charge is -2.20. The van der Waals surface area contributed by atoms with Gasteiger partial charge in [0.05, 0.1) is 14.6 Å². The normalized spacial score (nSPS) is 24.7. The molecule has 3 atom stereocenters. The Kier molecular flexibility index (Phi) is 4.31. The third-order valence-corrected chi connectivity index (χ3v) is 6.93. The van der Waals surface area contributed by atoms with E-state index in [1.807, 2.05) is 36.4 Å². The average molecular weight is 355 g/mol. The van der Waals surface area contributed by atoms with Gasteiger partial charge in [0.25, 0.3) is 5.91 Å². The molecule has 4 nitrogen and oxygen atoms in total. The van der Waals surface area contributed by atoms with Gasteiger partial charge in [-0.25, -0.2) is 0 Å². The molecule has 0 spiro atoms. The molecule has 4 rings (SSSR count). The highest BCUT2D eigenvalue weighted by Crippen LogP contribution is 2.35. The first-order valence-electron chi connectivity index (χ1n) is 8.06. The molecule has 2 bridgehead atoms. The second-order valence-corrected chi connectivity index (χ2v) is 8.62. The molecule has 1 aromatic heterocycles. The molecule has 2 saturated heterocycles. The maximum atomic E-state index is 12.5. The Morgan fingerprint density at radius 3 is 2.92 bits per heavy atom. The van der Waals surface area contributed by atoms with Crippen LogP contribution in [0.15, 0.2) is 45.5 Å². The number of carbonyl (C=O) groups is 1. The molecule has 0 saturated carbocycles. The summed E-state index contributed by atoms with van der Waals surface area (Å²) in [6, 6.07) is 14.8. The first-order chi connectivity index (χ1) is 11.7. The van der Waals surface area contributed by atoms with Crippen molar-refractivity contribution >= 4 is 29.0 Å². The van der Waals surface area contributed by atoms with Crippen LogP contribution in [0.2, 0.25) is 0 Å². The first kappa shape index (κ1) is 15.7. The number of amides is 1. The summed E-state index contributed by atoms with van der Waals surface area (Å²) >= 11 is 3.02. The highest BCUT2D eigenvalue weighted by molar-refractivity contribution is 8.01. The number of thiophene rings is 1. The van der Waals surface area contributed by atoms with E-state index < -0.39 is 0 Å². The molecule has 2 N–H and O–H groups in total. The summed E-state index contributed by atoms with van der Waals surface area (Å²) in [7, 11) is 0. The molecule has 3 unspecified atom stereocenters. The number of nitrogens with one attached hydrogen (secondary N) is 2. The van der Waals surface area contributed by atoms with Crippen molar-refractivity contribution in [3.63, 3.8) is 0 Å². The zero-order valence-corrected chi connectivity index (χ0v) is 14.6. The van der Waals surface area contributed by atoms with Gasteiger partial charge in [0.15, 0.2) is 0 Å². The molecule has 1 aromatic carbocycles. The molecule has 0 radical (unpaired) electrons. The van der Waals surface area contributed by atoms with Gasteiger partial charge in [-0.15, -0.1) is 11.3 Å². The summed E-state index contributed by atoms with van der Waals surface area (Å²) in [4.78, 5) is 14.1. The van der Waals surface area contributed by atoms with Crippen LogP contribution in [0.4, 0.5) is 0 Å². The van der Waals surface area contributed by atoms with Gasteiger partial charge in [-0.1, -0.05) is 23.9 Å². The lowest BCUT2D eigenvalue weighted by Crippen LogP contribution is -2.42. The van der Waals surface area contributed by atoms with Crippen LogP contribution in [0.3, 0.4) is 0 Å². The highest BCUT2D eigenvalue weighted by Gasteiger charge is 2.39. The second-order valence-electron chi connectivity index (χ2n) is 6.19. The molecular weight excluding hydrogens is 338 g/mol. The third-order valence-electron chi connectivity index (χ3n) is 4.64. The van der Waals surface area contributed by atoms with Gasteiger partial charge >= 0.3 is 0 Å². The van der Waals surface area contributed by atoms with E-state index in [9.17, 15) is 10.1 Å². The number of nitriles is 1. The minimum Gasteiger partial charge on any atom is -0.347 e. The number of carbonyl (C=O) groups excluding carboxylic acids is 1. The molecular formula is C18H17N3OS2. The predicted molar refractivity (Wildman–Crippen MR) is 95.4 cm³/mol. The maximum absolute atomic E-state index is 12.5. The van der Waals surface area contributed by atoms with Crippen molar-refractivity contribution in [2.45, 2.75) is 46.5 Å². The number of nitrogens with zero attached hydrogens (tertiary/aromatic N) is 1. The van der Waals surface area contributed by atoms with Crippen LogP contribution >= 0.6 is 23.1 Å². The van der Waals surface area contributed by atoms with Crippen molar-refractivity contribution < 1.29 is 4.79 Å². The van der Waals surface area contributed by atoms with Crippen LogP contribution in [0.1, 0.15) is 34.5 Å². The number of rotatable bonds is 4. The summed E-state index contributed by atoms with van der Waals surface area (Å²) in [6.45, 7) is 0. The number of benzene rings is 1. The largest absolute Gasteiger partial charge is 0.347 e. The first-order valence-corrected chi connectivity index (χ1v) is 9.70. The van der Waals surface area contributed by atoms with E-state index in [2.05, 4.69) is 16.7 Å². The van der Waals surface area contributed by atoms with Crippen LogP contribution in [-0.4, -0.2) is 24.0 Å². The van der Waals surface area contributed by atoms with Crippen LogP contribution < -0.4 is 10.6 Å². The summed E-state index contributed by atoms with van der Waals surface area (Å²) in [6.07, 6.45) is 3.43. The Hall–Kier alpha value is -1.81. The Bertz CT molecular complexity index is 811. The fourth-order valence-electron chi connectivity index (χ4n) is 3.48. The molecule has 0 aliphatic carbocycles. The number of hydrogen-bond acceptors (Lipinski definition) is 5. The van der Waals surface area contributed by atoms with E-state index in [-0.39, 0.29) is 11.9 Å². The molecule has 2 aromatic rings. The van der Waals surface area contributed by atoms with E-state index in [1.165, 1.54) is 29.5 Å². The lowest BCUT2D eigenvalue weighted by molar-refractivity contribution is 0.0935. The van der Waals surface area contributed by atoms with Gasteiger partial charge in [0.1, 0.15) is 6.07 Å². The van der Waals surface area contributed by atoms with Gasteiger partial charge in [-0.2, -0.15) is 5.26 Å². The second kappa shape index (κ2) is 6.60. The molecule has 2 aliphatic rings. The van der Waals surface area contributed by atoms with Gasteiger partial charge < -0.3 is 10.6 Å². The van der Waals surface area contributed by atoms with Crippen molar-refractivity contribution in [1.82, 2.24) is 10.6 Å². The van der Waals surface area contributed by atoms with Crippen LogP contribution in [0.25, 0.3) is 0 Å². The van der Waals surface area contributed by atoms with Gasteiger partial charge in [0, 0.05) is 23.0 Å². The van der Waals surface area contributed by atoms with E-state index in [1.54, 1.807) is 0 Å². The van der Waals surface area contributed by atoms with Crippen LogP contribution in [0, 0.1) is 11.3 Å². The van der Waals surface area contributed by atoms with Crippen molar-refractivity contribution in [2.75, 3.05) is 0 Å². The Morgan fingerprint density at radius 2 is 2.17 bits per heavy atom. The molecule has 1 amide bonds. The Morgan fingerprint density at radius 1 is 1.29 bits per heavy atom. The smallest absolute Gasteiger partial charge is 0.261 e. The molecule has 3 heterocycles. The quantitative estimate of drug-likeness (QED) is 0.882. The van der Waals surface area contributed by atoms with Crippen molar-refractivity contribution in [3.05, 3.63) is 46.8 Å². The third kappa shape index (κ3) is 3.07. The van der Waals surface area contributed by atoms with E-state index in [0.717, 1.165) is 26.8 Å². The average Bonchev–Trinajstić information content (AvgIpc) is 3.32. The molecule has 24 heavy (non-hydrogen) atoms. The van der Waals surface area contributed by atoms with E-state index in [0.29, 0.717) is 17.6 Å². The topological polar surface area (TPSA) is 64.9 Å². The Balaban J connectivity index is 1.43. The van der Waals surface area contributed by atoms with E-state index in [4.69, 9.17) is 0 Å². The zero-order valence-electron chi connectivity index (χ0n) is 13.0. The maximum Gasteiger partial charge on any atom is 0.261 e. The van der Waals surface area contributed by atoms with Crippen molar-refractivity contribution in [1.29, 1.82) is 5.26 Å². The molecule has 6 heteroatoms. The van der Waals surface area contributed by atoms with Crippen molar-refractivity contribution in [3.8, 4) is 6.07 Å². The standard InChI is InChI=1S/C18H17N3OS2/c19-10-11-3-1-2-4-15(11)23-17-8-7-16(24-17)18(22)21-14-9-12-5-6-13(14)20-12/h1-4,7-8,12-14,20H,5-6,9H2,(H,21,22). The van der Waals surface area contributed by atoms with Gasteiger partial charge in [-0.05, 0) is 43.5 Å². The number of hydrogen-bond donors (Lipinski definition) is 2. The summed E-state index contributed by atoms with van der Waals surface area (Å²) in [5.74, 6) is 0.0137. The summed E-state index contributed by atoms with van der Waals surface area (Å²) in [5.41, 5.74) is 0.662. The fourth-order valence-corrected chi connectivity index (χ4v) is 5.55. The minimum absolute atomic E-state index is 0.0137. The molecule has 122 valence electrons. The highest BCUT2D eigenvalue weighted by atomic mass is 32.2. The van der Waals surface area contributed by atoms with Gasteiger partial charge in [0.2, 0.25) is 0 Å². The van der Waals surface area contributed by atoms with Crippen LogP contribution in [0.5, 0.6) is 0 Å². The zero-order chi connectivity index (χ0) is 16.5. The fraction of sp³-hybridized carbons (Fsp3) is 0.333.